The third-order valence-electron chi connectivity index (χ3n) is 2.93. The minimum atomic E-state index is 0.545. The number of hydrogen-bond donors (Lipinski definition) is 1. The fraction of sp³-hybridized carbons (Fsp3) is 0.308. The Bertz CT molecular complexity index is 588. The van der Waals surface area contributed by atoms with Gasteiger partial charge in [0.15, 0.2) is 0 Å². The molecule has 0 saturated heterocycles. The Morgan fingerprint density at radius 2 is 2.11 bits per heavy atom. The first-order valence-electron chi connectivity index (χ1n) is 5.92. The molecule has 0 atom stereocenters. The van der Waals surface area contributed by atoms with Crippen molar-refractivity contribution in [3.05, 3.63) is 40.1 Å². The Labute approximate surface area is 116 Å². The quantitative estimate of drug-likeness (QED) is 0.920. The summed E-state index contributed by atoms with van der Waals surface area (Å²) in [5.41, 5.74) is 1.81. The van der Waals surface area contributed by atoms with E-state index < -0.39 is 0 Å². The molecule has 5 heteroatoms. The van der Waals surface area contributed by atoms with Gasteiger partial charge in [0, 0.05) is 12.2 Å². The highest BCUT2D eigenvalue weighted by atomic mass is 35.5. The number of rotatable bonds is 3. The second kappa shape index (κ2) is 4.48. The molecule has 0 radical (unpaired) electrons. The summed E-state index contributed by atoms with van der Waals surface area (Å²) in [5.74, 6) is 0.833. The van der Waals surface area contributed by atoms with E-state index in [4.69, 9.17) is 23.2 Å². The van der Waals surface area contributed by atoms with E-state index in [9.17, 15) is 0 Å². The van der Waals surface area contributed by atoms with Gasteiger partial charge in [-0.3, -0.25) is 4.57 Å². The molecule has 1 fully saturated rings. The van der Waals surface area contributed by atoms with Crippen molar-refractivity contribution in [1.82, 2.24) is 9.55 Å². The molecule has 0 aliphatic heterocycles. The van der Waals surface area contributed by atoms with E-state index in [1.54, 1.807) is 6.07 Å². The second-order valence-electron chi connectivity index (χ2n) is 4.57. The lowest BCUT2D eigenvalue weighted by molar-refractivity contribution is 1.00. The predicted octanol–water partition coefficient (Wildman–Crippen LogP) is 4.06. The van der Waals surface area contributed by atoms with E-state index in [2.05, 4.69) is 10.3 Å². The molecular weight excluding hydrogens is 269 g/mol. The highest BCUT2D eigenvalue weighted by Gasteiger charge is 2.23. The maximum Gasteiger partial charge on any atom is 0.208 e. The van der Waals surface area contributed by atoms with Crippen molar-refractivity contribution < 1.29 is 0 Å². The van der Waals surface area contributed by atoms with Crippen LogP contribution in [-0.2, 0) is 0 Å². The van der Waals surface area contributed by atoms with Gasteiger partial charge in [-0.15, -0.1) is 0 Å². The molecule has 18 heavy (non-hydrogen) atoms. The van der Waals surface area contributed by atoms with Gasteiger partial charge < -0.3 is 5.32 Å². The van der Waals surface area contributed by atoms with Gasteiger partial charge >= 0.3 is 0 Å². The van der Waals surface area contributed by atoms with Crippen molar-refractivity contribution in [1.29, 1.82) is 0 Å². The summed E-state index contributed by atoms with van der Waals surface area (Å²) in [5, 5.41) is 4.51. The maximum absolute atomic E-state index is 6.25. The first-order chi connectivity index (χ1) is 8.65. The van der Waals surface area contributed by atoms with E-state index in [-0.39, 0.29) is 0 Å². The normalized spacial score (nSPS) is 14.8. The average Bonchev–Trinajstić information content (AvgIpc) is 3.06. The molecule has 0 bridgehead atoms. The maximum atomic E-state index is 6.25. The smallest absolute Gasteiger partial charge is 0.208 e. The number of hydrogen-bond acceptors (Lipinski definition) is 2. The van der Waals surface area contributed by atoms with Gasteiger partial charge in [0.25, 0.3) is 0 Å². The van der Waals surface area contributed by atoms with Crippen LogP contribution in [0.25, 0.3) is 5.69 Å². The minimum absolute atomic E-state index is 0.545. The second-order valence-corrected chi connectivity index (χ2v) is 5.35. The zero-order valence-electron chi connectivity index (χ0n) is 9.95. The van der Waals surface area contributed by atoms with Crippen molar-refractivity contribution in [2.45, 2.75) is 25.8 Å². The number of imidazole rings is 1. The fourth-order valence-electron chi connectivity index (χ4n) is 1.87. The van der Waals surface area contributed by atoms with Crippen molar-refractivity contribution in [3.63, 3.8) is 0 Å². The SMILES string of the molecule is Cc1cn(-c2cccc(Cl)c2Cl)c(NC2CC2)n1. The van der Waals surface area contributed by atoms with Gasteiger partial charge in [0.05, 0.1) is 21.4 Å². The molecular formula is C13H13Cl2N3. The summed E-state index contributed by atoms with van der Waals surface area (Å²) in [6, 6.07) is 6.15. The van der Waals surface area contributed by atoms with Gasteiger partial charge in [-0.25, -0.2) is 4.98 Å². The molecule has 1 heterocycles. The first-order valence-corrected chi connectivity index (χ1v) is 6.67. The Balaban J connectivity index is 2.06. The van der Waals surface area contributed by atoms with E-state index in [0.717, 1.165) is 17.3 Å². The molecule has 2 aromatic rings. The summed E-state index contributed by atoms with van der Waals surface area (Å²) in [6.45, 7) is 1.97. The topological polar surface area (TPSA) is 29.9 Å². The lowest BCUT2D eigenvalue weighted by atomic mass is 10.3. The molecule has 94 valence electrons. The summed E-state index contributed by atoms with van der Waals surface area (Å²) in [4.78, 5) is 4.49. The number of halogens is 2. The molecule has 1 N–H and O–H groups in total. The van der Waals surface area contributed by atoms with Crippen LogP contribution in [0.15, 0.2) is 24.4 Å². The summed E-state index contributed by atoms with van der Waals surface area (Å²) >= 11 is 12.3. The lowest BCUT2D eigenvalue weighted by Crippen LogP contribution is -2.08. The molecule has 1 aliphatic carbocycles. The highest BCUT2D eigenvalue weighted by Crippen LogP contribution is 2.32. The van der Waals surface area contributed by atoms with Crippen molar-refractivity contribution in [2.24, 2.45) is 0 Å². The summed E-state index contributed by atoms with van der Waals surface area (Å²) in [6.07, 6.45) is 4.37. The minimum Gasteiger partial charge on any atom is -0.353 e. The monoisotopic (exact) mass is 281 g/mol. The Morgan fingerprint density at radius 1 is 1.33 bits per heavy atom. The molecule has 1 aromatic heterocycles. The van der Waals surface area contributed by atoms with Crippen LogP contribution < -0.4 is 5.32 Å². The standard InChI is InChI=1S/C13H13Cl2N3/c1-8-7-18(13(16-8)17-9-5-6-9)11-4-2-3-10(14)12(11)15/h2-4,7,9H,5-6H2,1H3,(H,16,17). The molecule has 0 amide bonds. The third kappa shape index (κ3) is 2.20. The zero-order chi connectivity index (χ0) is 12.7. The Kier molecular flexibility index (Phi) is 2.96. The summed E-state index contributed by atoms with van der Waals surface area (Å²) < 4.78 is 1.96. The number of anilines is 1. The first kappa shape index (κ1) is 11.9. The molecule has 0 unspecified atom stereocenters. The number of nitrogens with one attached hydrogen (secondary N) is 1. The van der Waals surface area contributed by atoms with Crippen LogP contribution in [0.3, 0.4) is 0 Å². The van der Waals surface area contributed by atoms with Crippen LogP contribution in [0.5, 0.6) is 0 Å². The van der Waals surface area contributed by atoms with Crippen molar-refractivity contribution >= 4 is 29.2 Å². The third-order valence-corrected chi connectivity index (χ3v) is 3.74. The van der Waals surface area contributed by atoms with Crippen LogP contribution in [0.1, 0.15) is 18.5 Å². The van der Waals surface area contributed by atoms with Crippen molar-refractivity contribution in [3.8, 4) is 5.69 Å². The van der Waals surface area contributed by atoms with E-state index in [1.165, 1.54) is 12.8 Å². The van der Waals surface area contributed by atoms with Crippen LogP contribution in [0, 0.1) is 6.92 Å². The number of nitrogens with zero attached hydrogens (tertiary/aromatic N) is 2. The molecule has 3 nitrogen and oxygen atoms in total. The molecule has 3 rings (SSSR count). The van der Waals surface area contributed by atoms with Gasteiger partial charge in [-0.1, -0.05) is 29.3 Å². The van der Waals surface area contributed by atoms with Crippen LogP contribution in [-0.4, -0.2) is 15.6 Å². The van der Waals surface area contributed by atoms with Gasteiger partial charge in [-0.05, 0) is 31.9 Å². The highest BCUT2D eigenvalue weighted by molar-refractivity contribution is 6.43. The lowest BCUT2D eigenvalue weighted by Gasteiger charge is -2.11. The molecule has 1 aromatic carbocycles. The average molecular weight is 282 g/mol. The Morgan fingerprint density at radius 3 is 2.83 bits per heavy atom. The van der Waals surface area contributed by atoms with Crippen LogP contribution in [0.2, 0.25) is 10.0 Å². The van der Waals surface area contributed by atoms with Gasteiger partial charge in [0.2, 0.25) is 5.95 Å². The predicted molar refractivity (Wildman–Crippen MR) is 75.0 cm³/mol. The number of aryl methyl sites for hydroxylation is 1. The zero-order valence-corrected chi connectivity index (χ0v) is 11.5. The summed E-state index contributed by atoms with van der Waals surface area (Å²) in [7, 11) is 0. The Hall–Kier alpha value is -1.19. The van der Waals surface area contributed by atoms with Crippen molar-refractivity contribution in [2.75, 3.05) is 5.32 Å². The van der Waals surface area contributed by atoms with Crippen LogP contribution in [0.4, 0.5) is 5.95 Å². The fourth-order valence-corrected chi connectivity index (χ4v) is 2.26. The molecule has 1 aliphatic rings. The van der Waals surface area contributed by atoms with Crippen LogP contribution >= 0.6 is 23.2 Å². The largest absolute Gasteiger partial charge is 0.353 e. The van der Waals surface area contributed by atoms with E-state index >= 15 is 0 Å². The van der Waals surface area contributed by atoms with Gasteiger partial charge in [0.1, 0.15) is 0 Å². The number of benzene rings is 1. The number of aromatic nitrogens is 2. The van der Waals surface area contributed by atoms with Gasteiger partial charge in [-0.2, -0.15) is 0 Å². The molecule has 1 saturated carbocycles. The van der Waals surface area contributed by atoms with E-state index in [1.807, 2.05) is 29.8 Å². The van der Waals surface area contributed by atoms with E-state index in [0.29, 0.717) is 16.1 Å². The molecule has 0 spiro atoms.